The van der Waals surface area contributed by atoms with Crippen LogP contribution in [0.4, 0.5) is 0 Å². The van der Waals surface area contributed by atoms with Gasteiger partial charge in [-0.25, -0.2) is 14.4 Å². The van der Waals surface area contributed by atoms with Crippen molar-refractivity contribution in [3.63, 3.8) is 0 Å². The predicted octanol–water partition coefficient (Wildman–Crippen LogP) is 2.64. The van der Waals surface area contributed by atoms with E-state index in [1.165, 1.54) is 37.1 Å². The molecule has 3 aromatic rings. The summed E-state index contributed by atoms with van der Waals surface area (Å²) in [4.78, 5) is 61.9. The van der Waals surface area contributed by atoms with E-state index < -0.39 is 35.3 Å². The second-order valence-corrected chi connectivity index (χ2v) is 8.86. The molecule has 38 heavy (non-hydrogen) atoms. The first-order valence-electron chi connectivity index (χ1n) is 11.8. The molecule has 0 spiro atoms. The van der Waals surface area contributed by atoms with Crippen molar-refractivity contribution in [3.05, 3.63) is 90.3 Å². The molecule has 0 aromatic carbocycles. The quantitative estimate of drug-likeness (QED) is 0.215. The minimum absolute atomic E-state index is 0.0558. The fourth-order valence-corrected chi connectivity index (χ4v) is 3.23. The first-order chi connectivity index (χ1) is 18.3. The lowest BCUT2D eigenvalue weighted by Crippen LogP contribution is -2.49. The van der Waals surface area contributed by atoms with Gasteiger partial charge in [0.2, 0.25) is 0 Å². The van der Waals surface area contributed by atoms with Crippen LogP contribution in [0.5, 0.6) is 0 Å². The van der Waals surface area contributed by atoms with Crippen molar-refractivity contribution >= 4 is 23.8 Å². The van der Waals surface area contributed by atoms with E-state index in [2.05, 4.69) is 20.3 Å². The normalized spacial score (nSPS) is 11.6. The third-order valence-corrected chi connectivity index (χ3v) is 5.29. The zero-order valence-electron chi connectivity index (χ0n) is 21.0. The molecule has 3 aromatic heterocycles. The maximum absolute atomic E-state index is 13.1. The molecule has 198 valence electrons. The van der Waals surface area contributed by atoms with Crippen LogP contribution in [0, 0.1) is 5.41 Å². The Hall–Kier alpha value is -4.67. The molecule has 0 saturated heterocycles. The highest BCUT2D eigenvalue weighted by atomic mass is 16.6. The van der Waals surface area contributed by atoms with E-state index in [9.17, 15) is 19.2 Å². The first-order valence-corrected chi connectivity index (χ1v) is 11.8. The van der Waals surface area contributed by atoms with Crippen molar-refractivity contribution in [2.24, 2.45) is 5.41 Å². The molecule has 0 aliphatic heterocycles. The summed E-state index contributed by atoms with van der Waals surface area (Å²) in [6.45, 7) is 3.26. The highest BCUT2D eigenvalue weighted by molar-refractivity contribution is 5.92. The van der Waals surface area contributed by atoms with Gasteiger partial charge in [0.15, 0.2) is 6.10 Å². The lowest BCUT2D eigenvalue weighted by atomic mass is 9.86. The predicted molar refractivity (Wildman–Crippen MR) is 134 cm³/mol. The van der Waals surface area contributed by atoms with Crippen LogP contribution in [0.1, 0.15) is 51.3 Å². The molecule has 3 rings (SSSR count). The van der Waals surface area contributed by atoms with Crippen molar-refractivity contribution in [1.82, 2.24) is 20.3 Å². The number of hydrogen-bond donors (Lipinski definition) is 1. The number of esters is 3. The van der Waals surface area contributed by atoms with Gasteiger partial charge in [0.05, 0.1) is 23.3 Å². The van der Waals surface area contributed by atoms with E-state index >= 15 is 0 Å². The zero-order valence-corrected chi connectivity index (χ0v) is 21.0. The maximum Gasteiger partial charge on any atom is 0.340 e. The van der Waals surface area contributed by atoms with Crippen molar-refractivity contribution in [2.75, 3.05) is 19.8 Å². The van der Waals surface area contributed by atoms with Crippen LogP contribution in [0.15, 0.2) is 73.6 Å². The third kappa shape index (κ3) is 8.19. The van der Waals surface area contributed by atoms with E-state index in [4.69, 9.17) is 14.2 Å². The van der Waals surface area contributed by atoms with Gasteiger partial charge >= 0.3 is 17.9 Å². The molecular formula is C27H28N4O7. The molecule has 0 radical (unpaired) electrons. The number of aromatic nitrogens is 3. The van der Waals surface area contributed by atoms with Gasteiger partial charge in [-0.1, -0.05) is 13.8 Å². The smallest absolute Gasteiger partial charge is 0.340 e. The van der Waals surface area contributed by atoms with Gasteiger partial charge in [-0.05, 0) is 42.8 Å². The first kappa shape index (κ1) is 27.9. The maximum atomic E-state index is 13.1. The van der Waals surface area contributed by atoms with Crippen LogP contribution in [-0.4, -0.2) is 64.6 Å². The average molecular weight is 521 g/mol. The average Bonchev–Trinajstić information content (AvgIpc) is 2.95. The highest BCUT2D eigenvalue weighted by Gasteiger charge is 2.40. The van der Waals surface area contributed by atoms with Crippen LogP contribution < -0.4 is 5.32 Å². The van der Waals surface area contributed by atoms with Gasteiger partial charge < -0.3 is 19.5 Å². The van der Waals surface area contributed by atoms with Gasteiger partial charge in [-0.2, -0.15) is 0 Å². The number of nitrogens with zero attached hydrogens (tertiary/aromatic N) is 3. The molecule has 0 aliphatic carbocycles. The van der Waals surface area contributed by atoms with Gasteiger partial charge in [0.1, 0.15) is 6.61 Å². The standard InChI is InChI=1S/C27H28N4O7/c1-27(2,18-37-25(34)20-8-4-11-29-16-20)22(38-26(35)21-9-5-12-30-17-21)23(32)31-13-6-14-36-24(33)19-7-3-10-28-15-19/h3-5,7-12,15-17,22H,6,13-14,18H2,1-2H3,(H,31,32). The number of carbonyl (C=O) groups excluding carboxylic acids is 4. The number of rotatable bonds is 12. The fraction of sp³-hybridized carbons (Fsp3) is 0.296. The Kier molecular flexibility index (Phi) is 9.98. The fourth-order valence-electron chi connectivity index (χ4n) is 3.23. The number of amides is 1. The Balaban J connectivity index is 1.60. The molecule has 1 atom stereocenters. The Morgan fingerprint density at radius 1 is 0.789 bits per heavy atom. The van der Waals surface area contributed by atoms with Crippen LogP contribution in [0.25, 0.3) is 0 Å². The topological polar surface area (TPSA) is 147 Å². The number of pyridine rings is 3. The van der Waals surface area contributed by atoms with E-state index in [0.717, 1.165) is 0 Å². The van der Waals surface area contributed by atoms with E-state index in [1.807, 2.05) is 0 Å². The van der Waals surface area contributed by atoms with Crippen LogP contribution in [-0.2, 0) is 19.0 Å². The van der Waals surface area contributed by atoms with Gasteiger partial charge in [-0.3, -0.25) is 19.7 Å². The second-order valence-electron chi connectivity index (χ2n) is 8.86. The zero-order chi connectivity index (χ0) is 27.4. The molecule has 11 heteroatoms. The molecule has 0 fully saturated rings. The lowest BCUT2D eigenvalue weighted by Gasteiger charge is -2.32. The summed E-state index contributed by atoms with van der Waals surface area (Å²) < 4.78 is 16.1. The summed E-state index contributed by atoms with van der Waals surface area (Å²) in [6.07, 6.45) is 7.67. The third-order valence-electron chi connectivity index (χ3n) is 5.29. The van der Waals surface area contributed by atoms with Crippen molar-refractivity contribution in [2.45, 2.75) is 26.4 Å². The molecule has 0 saturated carbocycles. The SMILES string of the molecule is CC(C)(COC(=O)c1cccnc1)C(OC(=O)c1cccnc1)C(=O)NCCCOC(=O)c1cccnc1. The summed E-state index contributed by atoms with van der Waals surface area (Å²) in [5.74, 6) is -2.50. The van der Waals surface area contributed by atoms with E-state index in [-0.39, 0.29) is 30.9 Å². The minimum Gasteiger partial charge on any atom is -0.462 e. The Labute approximate surface area is 219 Å². The van der Waals surface area contributed by atoms with Gasteiger partial charge in [0, 0.05) is 49.1 Å². The number of ether oxygens (including phenoxy) is 3. The molecule has 11 nitrogen and oxygen atoms in total. The summed E-state index contributed by atoms with van der Waals surface area (Å²) >= 11 is 0. The molecule has 0 aliphatic rings. The second kappa shape index (κ2) is 13.6. The molecule has 0 bridgehead atoms. The van der Waals surface area contributed by atoms with Gasteiger partial charge in [0.25, 0.3) is 5.91 Å². The largest absolute Gasteiger partial charge is 0.462 e. The van der Waals surface area contributed by atoms with E-state index in [0.29, 0.717) is 12.0 Å². The highest BCUT2D eigenvalue weighted by Crippen LogP contribution is 2.26. The summed E-state index contributed by atoms with van der Waals surface area (Å²) in [5.41, 5.74) is -0.373. The van der Waals surface area contributed by atoms with Crippen LogP contribution in [0.3, 0.4) is 0 Å². The molecule has 1 N–H and O–H groups in total. The van der Waals surface area contributed by atoms with Crippen LogP contribution >= 0.6 is 0 Å². The number of nitrogens with one attached hydrogen (secondary N) is 1. The van der Waals surface area contributed by atoms with Crippen LogP contribution in [0.2, 0.25) is 0 Å². The summed E-state index contributed by atoms with van der Waals surface area (Å²) in [7, 11) is 0. The molecule has 3 heterocycles. The van der Waals surface area contributed by atoms with E-state index in [1.54, 1.807) is 50.4 Å². The Morgan fingerprint density at radius 2 is 1.29 bits per heavy atom. The summed E-state index contributed by atoms with van der Waals surface area (Å²) in [5, 5.41) is 2.69. The lowest BCUT2D eigenvalue weighted by molar-refractivity contribution is -0.138. The molecule has 1 amide bonds. The minimum atomic E-state index is -1.31. The molecule has 1 unspecified atom stereocenters. The van der Waals surface area contributed by atoms with Crippen molar-refractivity contribution in [3.8, 4) is 0 Å². The number of hydrogen-bond acceptors (Lipinski definition) is 10. The Bertz CT molecular complexity index is 1220. The Morgan fingerprint density at radius 3 is 1.79 bits per heavy atom. The van der Waals surface area contributed by atoms with Crippen molar-refractivity contribution < 1.29 is 33.4 Å². The molecular weight excluding hydrogens is 492 g/mol. The summed E-state index contributed by atoms with van der Waals surface area (Å²) in [6, 6.07) is 9.44. The van der Waals surface area contributed by atoms with Gasteiger partial charge in [-0.15, -0.1) is 0 Å². The monoisotopic (exact) mass is 520 g/mol. The van der Waals surface area contributed by atoms with Crippen molar-refractivity contribution in [1.29, 1.82) is 0 Å². The number of carbonyl (C=O) groups is 4.